The molecule has 92 valence electrons. The number of hydrogen-bond acceptors (Lipinski definition) is 2. The lowest BCUT2D eigenvalue weighted by Gasteiger charge is -2.13. The molecule has 0 aliphatic carbocycles. The standard InChI is InChI=1S/C12H20N2O.ClH/c1-3-4-5-6-12(15)14-8-7-11(10-14)9-13-2;/h3-6,11,13H,7-10H2,1-2H3;1H/b4-3+,6-5+;. The van der Waals surface area contributed by atoms with E-state index >= 15 is 0 Å². The van der Waals surface area contributed by atoms with Crippen LogP contribution >= 0.6 is 12.4 Å². The van der Waals surface area contributed by atoms with Gasteiger partial charge in [0.05, 0.1) is 0 Å². The molecule has 16 heavy (non-hydrogen) atoms. The van der Waals surface area contributed by atoms with Crippen molar-refractivity contribution in [3.05, 3.63) is 24.3 Å². The van der Waals surface area contributed by atoms with Crippen molar-refractivity contribution < 1.29 is 4.79 Å². The maximum atomic E-state index is 11.7. The highest BCUT2D eigenvalue weighted by molar-refractivity contribution is 5.88. The lowest BCUT2D eigenvalue weighted by Crippen LogP contribution is -2.28. The molecule has 3 nitrogen and oxygen atoms in total. The van der Waals surface area contributed by atoms with Crippen molar-refractivity contribution in [3.63, 3.8) is 0 Å². The van der Waals surface area contributed by atoms with Gasteiger partial charge in [0.1, 0.15) is 0 Å². The van der Waals surface area contributed by atoms with Crippen LogP contribution in [0.2, 0.25) is 0 Å². The lowest BCUT2D eigenvalue weighted by molar-refractivity contribution is -0.125. The molecule has 1 unspecified atom stereocenters. The normalized spacial score (nSPS) is 20.6. The minimum Gasteiger partial charge on any atom is -0.339 e. The summed E-state index contributed by atoms with van der Waals surface area (Å²) >= 11 is 0. The molecule has 0 saturated carbocycles. The third-order valence-electron chi connectivity index (χ3n) is 2.63. The molecule has 1 N–H and O–H groups in total. The van der Waals surface area contributed by atoms with Crippen LogP contribution in [0.25, 0.3) is 0 Å². The molecule has 0 spiro atoms. The monoisotopic (exact) mass is 244 g/mol. The molecular formula is C12H21ClN2O. The molecule has 1 heterocycles. The molecular weight excluding hydrogens is 224 g/mol. The molecule has 1 aliphatic heterocycles. The van der Waals surface area contributed by atoms with E-state index < -0.39 is 0 Å². The van der Waals surface area contributed by atoms with E-state index in [0.717, 1.165) is 26.1 Å². The van der Waals surface area contributed by atoms with Gasteiger partial charge in [-0.1, -0.05) is 18.2 Å². The number of likely N-dealkylation sites (tertiary alicyclic amines) is 1. The first kappa shape index (κ1) is 15.2. The van der Waals surface area contributed by atoms with Gasteiger partial charge in [-0.2, -0.15) is 0 Å². The Kier molecular flexibility index (Phi) is 7.95. The molecule has 1 amide bonds. The number of carbonyl (C=O) groups excluding carboxylic acids is 1. The molecule has 1 aliphatic rings. The van der Waals surface area contributed by atoms with Gasteiger partial charge in [0.15, 0.2) is 0 Å². The zero-order valence-electron chi connectivity index (χ0n) is 9.98. The van der Waals surface area contributed by atoms with Crippen LogP contribution in [0, 0.1) is 5.92 Å². The second-order valence-corrected chi connectivity index (χ2v) is 3.88. The smallest absolute Gasteiger partial charge is 0.246 e. The van der Waals surface area contributed by atoms with Crippen molar-refractivity contribution in [2.24, 2.45) is 5.92 Å². The molecule has 1 saturated heterocycles. The van der Waals surface area contributed by atoms with E-state index in [-0.39, 0.29) is 18.3 Å². The van der Waals surface area contributed by atoms with E-state index in [1.165, 1.54) is 0 Å². The minimum atomic E-state index is 0. The molecule has 0 aromatic heterocycles. The summed E-state index contributed by atoms with van der Waals surface area (Å²) in [5.41, 5.74) is 0. The van der Waals surface area contributed by atoms with E-state index in [4.69, 9.17) is 0 Å². The average Bonchev–Trinajstić information content (AvgIpc) is 2.67. The second kappa shape index (κ2) is 8.36. The highest BCUT2D eigenvalue weighted by atomic mass is 35.5. The van der Waals surface area contributed by atoms with Crippen LogP contribution in [0.15, 0.2) is 24.3 Å². The number of rotatable bonds is 4. The number of nitrogens with zero attached hydrogens (tertiary/aromatic N) is 1. The summed E-state index contributed by atoms with van der Waals surface area (Å²) in [7, 11) is 1.95. The van der Waals surface area contributed by atoms with Gasteiger partial charge in [-0.05, 0) is 32.9 Å². The maximum Gasteiger partial charge on any atom is 0.246 e. The van der Waals surface area contributed by atoms with Crippen LogP contribution in [-0.2, 0) is 4.79 Å². The van der Waals surface area contributed by atoms with E-state index in [0.29, 0.717) is 5.92 Å². The second-order valence-electron chi connectivity index (χ2n) is 3.88. The van der Waals surface area contributed by atoms with Crippen LogP contribution in [0.1, 0.15) is 13.3 Å². The van der Waals surface area contributed by atoms with Gasteiger partial charge in [-0.15, -0.1) is 12.4 Å². The van der Waals surface area contributed by atoms with E-state index in [1.54, 1.807) is 12.2 Å². The minimum absolute atomic E-state index is 0. The van der Waals surface area contributed by atoms with Crippen LogP contribution in [-0.4, -0.2) is 37.5 Å². The highest BCUT2D eigenvalue weighted by Crippen LogP contribution is 2.15. The van der Waals surface area contributed by atoms with Crippen LogP contribution in [0.5, 0.6) is 0 Å². The zero-order chi connectivity index (χ0) is 11.1. The fraction of sp³-hybridized carbons (Fsp3) is 0.583. The number of hydrogen-bond donors (Lipinski definition) is 1. The summed E-state index contributed by atoms with van der Waals surface area (Å²) in [6, 6.07) is 0. The van der Waals surface area contributed by atoms with Gasteiger partial charge in [-0.25, -0.2) is 0 Å². The summed E-state index contributed by atoms with van der Waals surface area (Å²) in [4.78, 5) is 13.6. The first-order chi connectivity index (χ1) is 7.27. The summed E-state index contributed by atoms with van der Waals surface area (Å²) in [5, 5.41) is 3.15. The number of halogens is 1. The first-order valence-corrected chi connectivity index (χ1v) is 5.50. The Balaban J connectivity index is 0.00000225. The molecule has 1 fully saturated rings. The van der Waals surface area contributed by atoms with Crippen molar-refractivity contribution in [3.8, 4) is 0 Å². The first-order valence-electron chi connectivity index (χ1n) is 5.50. The molecule has 4 heteroatoms. The largest absolute Gasteiger partial charge is 0.339 e. The summed E-state index contributed by atoms with van der Waals surface area (Å²) in [5.74, 6) is 0.751. The van der Waals surface area contributed by atoms with Gasteiger partial charge in [0, 0.05) is 19.2 Å². The predicted molar refractivity (Wildman–Crippen MR) is 69.8 cm³/mol. The number of amides is 1. The predicted octanol–water partition coefficient (Wildman–Crippen LogP) is 1.61. The number of carbonyl (C=O) groups is 1. The quantitative estimate of drug-likeness (QED) is 0.602. The van der Waals surface area contributed by atoms with Crippen molar-refractivity contribution >= 4 is 18.3 Å². The summed E-state index contributed by atoms with van der Waals surface area (Å²) in [6.45, 7) is 4.72. The summed E-state index contributed by atoms with van der Waals surface area (Å²) < 4.78 is 0. The van der Waals surface area contributed by atoms with Gasteiger partial charge in [0.2, 0.25) is 5.91 Å². The Hall–Kier alpha value is -0.800. The molecule has 1 atom stereocenters. The molecule has 1 rings (SSSR count). The lowest BCUT2D eigenvalue weighted by atomic mass is 10.1. The van der Waals surface area contributed by atoms with Gasteiger partial charge in [0.25, 0.3) is 0 Å². The van der Waals surface area contributed by atoms with Gasteiger partial charge >= 0.3 is 0 Å². The molecule has 0 bridgehead atoms. The SMILES string of the molecule is C/C=C/C=C/C(=O)N1CCC(CNC)C1.Cl. The van der Waals surface area contributed by atoms with Crippen molar-refractivity contribution in [1.29, 1.82) is 0 Å². The van der Waals surface area contributed by atoms with Gasteiger partial charge in [-0.3, -0.25) is 4.79 Å². The van der Waals surface area contributed by atoms with E-state index in [2.05, 4.69) is 5.32 Å². The van der Waals surface area contributed by atoms with Crippen LogP contribution < -0.4 is 5.32 Å². The Morgan fingerprint density at radius 1 is 1.50 bits per heavy atom. The summed E-state index contributed by atoms with van der Waals surface area (Å²) in [6.07, 6.45) is 8.34. The Morgan fingerprint density at radius 2 is 2.25 bits per heavy atom. The Labute approximate surface area is 104 Å². The van der Waals surface area contributed by atoms with E-state index in [9.17, 15) is 4.79 Å². The van der Waals surface area contributed by atoms with Crippen molar-refractivity contribution in [2.45, 2.75) is 13.3 Å². The maximum absolute atomic E-state index is 11.7. The zero-order valence-corrected chi connectivity index (χ0v) is 10.8. The Bertz CT molecular complexity index is 264. The molecule has 0 aromatic carbocycles. The fourth-order valence-corrected chi connectivity index (χ4v) is 1.84. The number of allylic oxidation sites excluding steroid dienone is 3. The van der Waals surface area contributed by atoms with Crippen LogP contribution in [0.3, 0.4) is 0 Å². The van der Waals surface area contributed by atoms with Gasteiger partial charge < -0.3 is 10.2 Å². The average molecular weight is 245 g/mol. The highest BCUT2D eigenvalue weighted by Gasteiger charge is 2.23. The fourth-order valence-electron chi connectivity index (χ4n) is 1.84. The molecule has 0 radical (unpaired) electrons. The van der Waals surface area contributed by atoms with Crippen molar-refractivity contribution in [1.82, 2.24) is 10.2 Å². The third-order valence-corrected chi connectivity index (χ3v) is 2.63. The van der Waals surface area contributed by atoms with Crippen molar-refractivity contribution in [2.75, 3.05) is 26.7 Å². The Morgan fingerprint density at radius 3 is 2.88 bits per heavy atom. The number of nitrogens with one attached hydrogen (secondary N) is 1. The third kappa shape index (κ3) is 4.81. The van der Waals surface area contributed by atoms with Crippen LogP contribution in [0.4, 0.5) is 0 Å². The topological polar surface area (TPSA) is 32.3 Å². The van der Waals surface area contributed by atoms with E-state index in [1.807, 2.05) is 31.0 Å². The molecule has 0 aromatic rings.